The molecular formula is C12H9F9O. The van der Waals surface area contributed by atoms with Gasteiger partial charge in [0.25, 0.3) is 0 Å². The first-order chi connectivity index (χ1) is 9.66. The Morgan fingerprint density at radius 3 is 1.77 bits per heavy atom. The number of hydrogen-bond donors (Lipinski definition) is 1. The molecule has 1 nitrogen and oxygen atoms in total. The van der Waals surface area contributed by atoms with Crippen LogP contribution in [0.4, 0.5) is 39.5 Å². The number of benzene rings is 1. The minimum atomic E-state index is -7.02. The summed E-state index contributed by atoms with van der Waals surface area (Å²) in [5.41, 5.74) is -0.708. The average molecular weight is 340 g/mol. The van der Waals surface area contributed by atoms with Crippen molar-refractivity contribution in [2.45, 2.75) is 37.0 Å². The van der Waals surface area contributed by atoms with E-state index in [-0.39, 0.29) is 5.56 Å². The zero-order chi connectivity index (χ0) is 17.6. The van der Waals surface area contributed by atoms with Crippen LogP contribution in [0.25, 0.3) is 0 Å². The van der Waals surface area contributed by atoms with Crippen molar-refractivity contribution in [1.29, 1.82) is 0 Å². The van der Waals surface area contributed by atoms with E-state index in [9.17, 15) is 44.6 Å². The van der Waals surface area contributed by atoms with E-state index < -0.39 is 35.6 Å². The summed E-state index contributed by atoms with van der Waals surface area (Å²) < 4.78 is 114. The lowest BCUT2D eigenvalue weighted by Gasteiger charge is -2.36. The van der Waals surface area contributed by atoms with Gasteiger partial charge in [0.05, 0.1) is 0 Å². The van der Waals surface area contributed by atoms with Crippen LogP contribution in [0.15, 0.2) is 24.3 Å². The standard InChI is InChI=1S/C12H9F9O/c1-6-3-2-4-7(5-6)8(22)9(13,14)10(15,16)11(17,18)12(19,20)21/h2-5,8,22H,1H3. The molecule has 0 bridgehead atoms. The first kappa shape index (κ1) is 18.6. The quantitative estimate of drug-likeness (QED) is 0.801. The van der Waals surface area contributed by atoms with Crippen LogP contribution in [0.1, 0.15) is 17.2 Å². The van der Waals surface area contributed by atoms with Gasteiger partial charge in [-0.25, -0.2) is 0 Å². The topological polar surface area (TPSA) is 20.2 Å². The number of aliphatic hydroxyl groups is 1. The fraction of sp³-hybridized carbons (Fsp3) is 0.500. The summed E-state index contributed by atoms with van der Waals surface area (Å²) in [5.74, 6) is -19.9. The van der Waals surface area contributed by atoms with Gasteiger partial charge in [0.1, 0.15) is 6.10 Å². The lowest BCUT2D eigenvalue weighted by Crippen LogP contribution is -2.62. The second-order valence-electron chi connectivity index (χ2n) is 4.59. The van der Waals surface area contributed by atoms with E-state index in [1.54, 1.807) is 0 Å². The summed E-state index contributed by atoms with van der Waals surface area (Å²) in [5, 5.41) is 9.21. The zero-order valence-corrected chi connectivity index (χ0v) is 10.7. The minimum Gasteiger partial charge on any atom is -0.382 e. The Balaban J connectivity index is 3.32. The van der Waals surface area contributed by atoms with Gasteiger partial charge in [0, 0.05) is 0 Å². The number of aryl methyl sites for hydroxylation is 1. The zero-order valence-electron chi connectivity index (χ0n) is 10.7. The first-order valence-electron chi connectivity index (χ1n) is 5.61. The summed E-state index contributed by atoms with van der Waals surface area (Å²) in [4.78, 5) is 0. The predicted octanol–water partition coefficient (Wildman–Crippen LogP) is 4.50. The molecule has 0 aliphatic heterocycles. The summed E-state index contributed by atoms with van der Waals surface area (Å²) in [7, 11) is 0. The van der Waals surface area contributed by atoms with E-state index in [1.807, 2.05) is 0 Å². The van der Waals surface area contributed by atoms with Crippen LogP contribution in [0.3, 0.4) is 0 Å². The molecule has 0 spiro atoms. The highest BCUT2D eigenvalue weighted by molar-refractivity contribution is 5.26. The Morgan fingerprint density at radius 1 is 0.864 bits per heavy atom. The Kier molecular flexibility index (Phi) is 4.50. The number of rotatable bonds is 4. The first-order valence-corrected chi connectivity index (χ1v) is 5.61. The van der Waals surface area contributed by atoms with E-state index in [4.69, 9.17) is 0 Å². The number of aliphatic hydroxyl groups excluding tert-OH is 1. The highest BCUT2D eigenvalue weighted by Crippen LogP contribution is 2.56. The molecule has 0 heterocycles. The maximum atomic E-state index is 13.5. The molecule has 0 radical (unpaired) electrons. The molecule has 1 unspecified atom stereocenters. The van der Waals surface area contributed by atoms with Gasteiger partial charge in [-0.05, 0) is 12.5 Å². The van der Waals surface area contributed by atoms with Gasteiger partial charge in [0.15, 0.2) is 0 Å². The van der Waals surface area contributed by atoms with E-state index in [0.717, 1.165) is 12.1 Å². The van der Waals surface area contributed by atoms with Gasteiger partial charge >= 0.3 is 23.9 Å². The highest BCUT2D eigenvalue weighted by Gasteiger charge is 2.83. The SMILES string of the molecule is Cc1cccc(C(O)C(F)(F)C(F)(F)C(F)(F)C(F)(F)F)c1. The van der Waals surface area contributed by atoms with Gasteiger partial charge in [-0.15, -0.1) is 0 Å². The molecule has 22 heavy (non-hydrogen) atoms. The van der Waals surface area contributed by atoms with Gasteiger partial charge in [-0.1, -0.05) is 29.8 Å². The second kappa shape index (κ2) is 5.32. The molecule has 126 valence electrons. The molecule has 0 aromatic heterocycles. The van der Waals surface area contributed by atoms with Crippen molar-refractivity contribution in [2.75, 3.05) is 0 Å². The maximum Gasteiger partial charge on any atom is 0.460 e. The molecule has 1 aromatic rings. The Bertz CT molecular complexity index is 536. The van der Waals surface area contributed by atoms with Gasteiger partial charge in [-0.2, -0.15) is 39.5 Å². The van der Waals surface area contributed by atoms with E-state index >= 15 is 0 Å². The monoisotopic (exact) mass is 340 g/mol. The van der Waals surface area contributed by atoms with Crippen molar-refractivity contribution < 1.29 is 44.6 Å². The summed E-state index contributed by atoms with van der Waals surface area (Å²) in [6, 6.07) is 3.83. The summed E-state index contributed by atoms with van der Waals surface area (Å²) in [6.45, 7) is 1.32. The van der Waals surface area contributed by atoms with Crippen LogP contribution in [0, 0.1) is 6.92 Å². The van der Waals surface area contributed by atoms with Crippen molar-refractivity contribution in [3.05, 3.63) is 35.4 Å². The van der Waals surface area contributed by atoms with Crippen molar-refractivity contribution in [3.63, 3.8) is 0 Å². The molecule has 1 rings (SSSR count). The van der Waals surface area contributed by atoms with Crippen LogP contribution in [0.5, 0.6) is 0 Å². The van der Waals surface area contributed by atoms with Gasteiger partial charge < -0.3 is 5.11 Å². The van der Waals surface area contributed by atoms with Crippen LogP contribution < -0.4 is 0 Å². The molecule has 0 aliphatic carbocycles. The maximum absolute atomic E-state index is 13.5. The van der Waals surface area contributed by atoms with Crippen LogP contribution in [-0.2, 0) is 0 Å². The number of halogens is 9. The van der Waals surface area contributed by atoms with E-state index in [0.29, 0.717) is 6.07 Å². The van der Waals surface area contributed by atoms with Gasteiger partial charge in [0.2, 0.25) is 0 Å². The molecule has 1 atom stereocenters. The largest absolute Gasteiger partial charge is 0.460 e. The normalized spacial score (nSPS) is 15.8. The summed E-state index contributed by atoms with van der Waals surface area (Å²) >= 11 is 0. The lowest BCUT2D eigenvalue weighted by atomic mass is 9.93. The fourth-order valence-electron chi connectivity index (χ4n) is 1.61. The van der Waals surface area contributed by atoms with Gasteiger partial charge in [-0.3, -0.25) is 0 Å². The number of alkyl halides is 9. The van der Waals surface area contributed by atoms with Crippen LogP contribution >= 0.6 is 0 Å². The van der Waals surface area contributed by atoms with Crippen molar-refractivity contribution in [1.82, 2.24) is 0 Å². The summed E-state index contributed by atoms with van der Waals surface area (Å²) in [6.07, 6.45) is -10.5. The molecule has 0 aliphatic rings. The number of hydrogen-bond acceptors (Lipinski definition) is 1. The predicted molar refractivity (Wildman–Crippen MR) is 57.0 cm³/mol. The van der Waals surface area contributed by atoms with E-state index in [1.165, 1.54) is 13.0 Å². The molecule has 1 aromatic carbocycles. The van der Waals surface area contributed by atoms with Crippen molar-refractivity contribution >= 4 is 0 Å². The highest BCUT2D eigenvalue weighted by atomic mass is 19.4. The van der Waals surface area contributed by atoms with E-state index in [2.05, 4.69) is 0 Å². The third-order valence-corrected chi connectivity index (χ3v) is 2.87. The smallest absolute Gasteiger partial charge is 0.382 e. The molecule has 0 saturated heterocycles. The Labute approximate surface area is 118 Å². The Morgan fingerprint density at radius 2 is 1.36 bits per heavy atom. The molecule has 0 saturated carbocycles. The lowest BCUT2D eigenvalue weighted by molar-refractivity contribution is -0.406. The van der Waals surface area contributed by atoms with Crippen LogP contribution in [-0.4, -0.2) is 29.1 Å². The third kappa shape index (κ3) is 2.75. The molecule has 10 heteroatoms. The Hall–Kier alpha value is -1.45. The molecular weight excluding hydrogens is 331 g/mol. The molecule has 0 fully saturated rings. The third-order valence-electron chi connectivity index (χ3n) is 2.87. The van der Waals surface area contributed by atoms with Crippen molar-refractivity contribution in [2.24, 2.45) is 0 Å². The molecule has 1 N–H and O–H groups in total. The molecule has 0 amide bonds. The fourth-order valence-corrected chi connectivity index (χ4v) is 1.61. The van der Waals surface area contributed by atoms with Crippen LogP contribution in [0.2, 0.25) is 0 Å². The minimum absolute atomic E-state index is 0.207. The average Bonchev–Trinajstić information content (AvgIpc) is 2.35. The second-order valence-corrected chi connectivity index (χ2v) is 4.59. The van der Waals surface area contributed by atoms with Crippen molar-refractivity contribution in [3.8, 4) is 0 Å².